The Labute approximate surface area is 78.9 Å². The van der Waals surface area contributed by atoms with Crippen molar-refractivity contribution in [3.8, 4) is 0 Å². The van der Waals surface area contributed by atoms with Gasteiger partial charge in [0.15, 0.2) is 0 Å². The van der Waals surface area contributed by atoms with Gasteiger partial charge < -0.3 is 10.5 Å². The Morgan fingerprint density at radius 1 is 1.46 bits per heavy atom. The molecule has 0 aromatic carbocycles. The highest BCUT2D eigenvalue weighted by Gasteiger charge is 2.30. The summed E-state index contributed by atoms with van der Waals surface area (Å²) in [6.07, 6.45) is 0. The van der Waals surface area contributed by atoms with Crippen molar-refractivity contribution in [1.82, 2.24) is 4.31 Å². The summed E-state index contributed by atoms with van der Waals surface area (Å²) >= 11 is 0. The van der Waals surface area contributed by atoms with Crippen LogP contribution in [0.2, 0.25) is 0 Å². The lowest BCUT2D eigenvalue weighted by molar-refractivity contribution is 0.186. The van der Waals surface area contributed by atoms with Crippen LogP contribution in [0.3, 0.4) is 0 Å². The van der Waals surface area contributed by atoms with Gasteiger partial charge in [0.05, 0.1) is 19.0 Å². The lowest BCUT2D eigenvalue weighted by Crippen LogP contribution is -2.37. The Balaban J connectivity index is 2.58. The van der Waals surface area contributed by atoms with Crippen LogP contribution >= 0.6 is 0 Å². The third-order valence-electron chi connectivity index (χ3n) is 2.23. The van der Waals surface area contributed by atoms with Gasteiger partial charge in [0.2, 0.25) is 10.0 Å². The zero-order chi connectivity index (χ0) is 10.1. The zero-order valence-electron chi connectivity index (χ0n) is 7.93. The molecule has 1 rings (SSSR count). The Morgan fingerprint density at radius 2 is 2.08 bits per heavy atom. The predicted octanol–water partition coefficient (Wildman–Crippen LogP) is -1.15. The minimum absolute atomic E-state index is 0.0626. The van der Waals surface area contributed by atoms with E-state index in [0.717, 1.165) is 0 Å². The van der Waals surface area contributed by atoms with E-state index in [9.17, 15) is 8.42 Å². The van der Waals surface area contributed by atoms with Gasteiger partial charge >= 0.3 is 0 Å². The van der Waals surface area contributed by atoms with E-state index in [-0.39, 0.29) is 17.7 Å². The molecular weight excluding hydrogens is 192 g/mol. The topological polar surface area (TPSA) is 72.6 Å². The first kappa shape index (κ1) is 10.9. The first-order valence-electron chi connectivity index (χ1n) is 4.17. The molecule has 1 aliphatic heterocycles. The van der Waals surface area contributed by atoms with Crippen LogP contribution in [0.25, 0.3) is 0 Å². The summed E-state index contributed by atoms with van der Waals surface area (Å²) in [6.45, 7) is 0.919. The van der Waals surface area contributed by atoms with E-state index in [0.29, 0.717) is 13.2 Å². The molecule has 0 aromatic heterocycles. The summed E-state index contributed by atoms with van der Waals surface area (Å²) in [7, 11) is -0.0923. The van der Waals surface area contributed by atoms with E-state index in [4.69, 9.17) is 10.5 Å². The minimum atomic E-state index is -3.14. The maximum atomic E-state index is 11.4. The van der Waals surface area contributed by atoms with Crippen molar-refractivity contribution in [1.29, 1.82) is 0 Å². The molecule has 5 nitrogen and oxygen atoms in total. The van der Waals surface area contributed by atoms with Crippen LogP contribution < -0.4 is 5.73 Å². The molecule has 0 aromatic rings. The second-order valence-corrected chi connectivity index (χ2v) is 5.75. The third kappa shape index (κ3) is 2.63. The largest absolute Gasteiger partial charge is 0.379 e. The maximum absolute atomic E-state index is 11.4. The molecule has 0 spiro atoms. The van der Waals surface area contributed by atoms with Crippen LogP contribution in [0.5, 0.6) is 0 Å². The number of nitrogens with zero attached hydrogens (tertiary/aromatic N) is 1. The summed E-state index contributed by atoms with van der Waals surface area (Å²) in [5, 5.41) is 0. The molecule has 78 valence electrons. The van der Waals surface area contributed by atoms with Gasteiger partial charge in [0.25, 0.3) is 0 Å². The number of rotatable bonds is 3. The fraction of sp³-hybridized carbons (Fsp3) is 1.00. The molecule has 1 fully saturated rings. The summed E-state index contributed by atoms with van der Waals surface area (Å²) < 4.78 is 29.2. The van der Waals surface area contributed by atoms with Crippen molar-refractivity contribution in [3.63, 3.8) is 0 Å². The molecule has 0 aliphatic carbocycles. The Hall–Kier alpha value is -0.170. The molecule has 0 radical (unpaired) electrons. The second-order valence-electron chi connectivity index (χ2n) is 3.52. The summed E-state index contributed by atoms with van der Waals surface area (Å²) in [5.74, 6) is 0.0219. The quantitative estimate of drug-likeness (QED) is 0.636. The molecule has 0 unspecified atom stereocenters. The molecule has 0 amide bonds. The third-order valence-corrected chi connectivity index (χ3v) is 4.19. The number of sulfonamides is 1. The number of hydrogen-bond donors (Lipinski definition) is 1. The highest BCUT2D eigenvalue weighted by atomic mass is 32.2. The average Bonchev–Trinajstić information content (AvgIpc) is 2.35. The standard InChI is InChI=1S/C7H16N2O3S/c1-9(2)13(10,11)5-6-3-12-4-7(6)8/h6-7H,3-5,8H2,1-2H3/t6-,7-/m0/s1. The van der Waals surface area contributed by atoms with Crippen LogP contribution in [0, 0.1) is 5.92 Å². The first-order chi connectivity index (χ1) is 5.93. The lowest BCUT2D eigenvalue weighted by atomic mass is 10.1. The fourth-order valence-electron chi connectivity index (χ4n) is 1.21. The first-order valence-corrected chi connectivity index (χ1v) is 5.78. The van der Waals surface area contributed by atoms with Gasteiger partial charge in [-0.05, 0) is 0 Å². The lowest BCUT2D eigenvalue weighted by Gasteiger charge is -2.16. The maximum Gasteiger partial charge on any atom is 0.214 e. The molecule has 13 heavy (non-hydrogen) atoms. The fourth-order valence-corrected chi connectivity index (χ4v) is 2.39. The van der Waals surface area contributed by atoms with E-state index < -0.39 is 10.0 Å². The van der Waals surface area contributed by atoms with E-state index in [1.54, 1.807) is 0 Å². The monoisotopic (exact) mass is 208 g/mol. The molecule has 0 bridgehead atoms. The van der Waals surface area contributed by atoms with E-state index >= 15 is 0 Å². The van der Waals surface area contributed by atoms with E-state index in [1.807, 2.05) is 0 Å². The molecular formula is C7H16N2O3S. The molecule has 1 aliphatic rings. The van der Waals surface area contributed by atoms with Crippen molar-refractivity contribution < 1.29 is 13.2 Å². The van der Waals surface area contributed by atoms with Crippen LogP contribution in [-0.4, -0.2) is 51.8 Å². The summed E-state index contributed by atoms with van der Waals surface area (Å²) in [5.41, 5.74) is 5.68. The molecule has 1 saturated heterocycles. The molecule has 2 N–H and O–H groups in total. The van der Waals surface area contributed by atoms with Crippen molar-refractivity contribution in [2.24, 2.45) is 11.7 Å². The van der Waals surface area contributed by atoms with Gasteiger partial charge in [-0.25, -0.2) is 12.7 Å². The Morgan fingerprint density at radius 3 is 2.46 bits per heavy atom. The normalized spacial score (nSPS) is 29.8. The van der Waals surface area contributed by atoms with Gasteiger partial charge in [0.1, 0.15) is 0 Å². The van der Waals surface area contributed by atoms with E-state index in [1.165, 1.54) is 18.4 Å². The molecule has 6 heteroatoms. The Kier molecular flexibility index (Phi) is 3.28. The smallest absolute Gasteiger partial charge is 0.214 e. The van der Waals surface area contributed by atoms with Crippen LogP contribution in [0.1, 0.15) is 0 Å². The van der Waals surface area contributed by atoms with Crippen molar-refractivity contribution in [2.45, 2.75) is 6.04 Å². The van der Waals surface area contributed by atoms with Crippen LogP contribution in [-0.2, 0) is 14.8 Å². The number of ether oxygens (including phenoxy) is 1. The van der Waals surface area contributed by atoms with E-state index in [2.05, 4.69) is 0 Å². The SMILES string of the molecule is CN(C)S(=O)(=O)C[C@@H]1COC[C@@H]1N. The number of hydrogen-bond acceptors (Lipinski definition) is 4. The van der Waals surface area contributed by atoms with Gasteiger partial charge in [-0.15, -0.1) is 0 Å². The van der Waals surface area contributed by atoms with Gasteiger partial charge in [-0.2, -0.15) is 0 Å². The minimum Gasteiger partial charge on any atom is -0.379 e. The summed E-state index contributed by atoms with van der Waals surface area (Å²) in [6, 6.07) is -0.144. The molecule has 0 saturated carbocycles. The average molecular weight is 208 g/mol. The van der Waals surface area contributed by atoms with Gasteiger partial charge in [-0.1, -0.05) is 0 Å². The predicted molar refractivity (Wildman–Crippen MR) is 49.8 cm³/mol. The second kappa shape index (κ2) is 3.91. The highest BCUT2D eigenvalue weighted by Crippen LogP contribution is 2.14. The Bertz CT molecular complexity index is 263. The van der Waals surface area contributed by atoms with Gasteiger partial charge in [0, 0.05) is 26.1 Å². The van der Waals surface area contributed by atoms with Gasteiger partial charge in [-0.3, -0.25) is 0 Å². The molecule has 2 atom stereocenters. The summed E-state index contributed by atoms with van der Waals surface area (Å²) in [4.78, 5) is 0. The number of nitrogens with two attached hydrogens (primary N) is 1. The van der Waals surface area contributed by atoms with Crippen molar-refractivity contribution in [2.75, 3.05) is 33.1 Å². The van der Waals surface area contributed by atoms with Crippen LogP contribution in [0.4, 0.5) is 0 Å². The van der Waals surface area contributed by atoms with Crippen molar-refractivity contribution in [3.05, 3.63) is 0 Å². The zero-order valence-corrected chi connectivity index (χ0v) is 8.75. The highest BCUT2D eigenvalue weighted by molar-refractivity contribution is 7.89. The molecule has 1 heterocycles. The van der Waals surface area contributed by atoms with Crippen molar-refractivity contribution >= 4 is 10.0 Å². The van der Waals surface area contributed by atoms with Crippen LogP contribution in [0.15, 0.2) is 0 Å².